The normalized spacial score (nSPS) is 9.77. The van der Waals surface area contributed by atoms with Gasteiger partial charge in [-0.2, -0.15) is 0 Å². The summed E-state index contributed by atoms with van der Waals surface area (Å²) in [4.78, 5) is 21.6. The van der Waals surface area contributed by atoms with Crippen LogP contribution in [0.25, 0.3) is 0 Å². The van der Waals surface area contributed by atoms with Crippen LogP contribution in [0.4, 0.5) is 5.69 Å². The van der Waals surface area contributed by atoms with Gasteiger partial charge >= 0.3 is 0 Å². The van der Waals surface area contributed by atoms with Gasteiger partial charge in [0, 0.05) is 5.56 Å². The Morgan fingerprint density at radius 1 is 1.31 bits per heavy atom. The van der Waals surface area contributed by atoms with E-state index in [0.29, 0.717) is 5.56 Å². The fraction of sp³-hybridized carbons (Fsp3) is 0.300. The van der Waals surface area contributed by atoms with Gasteiger partial charge in [0.2, 0.25) is 0 Å². The van der Waals surface area contributed by atoms with Crippen molar-refractivity contribution in [3.63, 3.8) is 0 Å². The highest BCUT2D eigenvalue weighted by atomic mass is 16.3. The van der Waals surface area contributed by atoms with E-state index in [0.717, 1.165) is 11.1 Å². The molecule has 0 aliphatic rings. The number of carbonyl (C=O) groups is 1. The van der Waals surface area contributed by atoms with Crippen LogP contribution in [0.15, 0.2) is 17.3 Å². The molecule has 1 aromatic carbocycles. The number of hydrogen-bond donors (Lipinski definition) is 0. The standard InChI is InChI=1S/C10H11NO2/c1-6-4-5-9(11-13)10(7(6)2)8(3)12/h4-5H,1-3H3. The highest BCUT2D eigenvalue weighted by Crippen LogP contribution is 2.25. The molecule has 1 rings (SSSR count). The molecule has 0 saturated carbocycles. The Morgan fingerprint density at radius 2 is 1.92 bits per heavy atom. The minimum Gasteiger partial charge on any atom is -0.294 e. The van der Waals surface area contributed by atoms with Crippen molar-refractivity contribution >= 4 is 11.5 Å². The molecule has 0 bridgehead atoms. The van der Waals surface area contributed by atoms with Gasteiger partial charge in [-0.05, 0) is 43.1 Å². The molecule has 0 saturated heterocycles. The topological polar surface area (TPSA) is 46.5 Å². The summed E-state index contributed by atoms with van der Waals surface area (Å²) in [5, 5.41) is 2.82. The second kappa shape index (κ2) is 3.47. The first-order chi connectivity index (χ1) is 6.07. The predicted octanol–water partition coefficient (Wildman–Crippen LogP) is 2.90. The molecule has 0 aliphatic carbocycles. The maximum absolute atomic E-state index is 11.2. The van der Waals surface area contributed by atoms with Crippen LogP contribution in [0.1, 0.15) is 28.4 Å². The van der Waals surface area contributed by atoms with E-state index in [1.54, 1.807) is 12.1 Å². The Labute approximate surface area is 76.7 Å². The molecule has 0 N–H and O–H groups in total. The zero-order valence-corrected chi connectivity index (χ0v) is 7.92. The van der Waals surface area contributed by atoms with E-state index in [9.17, 15) is 9.70 Å². The Bertz CT molecular complexity index is 369. The summed E-state index contributed by atoms with van der Waals surface area (Å²) in [5.74, 6) is -0.115. The van der Waals surface area contributed by atoms with Crippen molar-refractivity contribution in [3.05, 3.63) is 33.7 Å². The van der Waals surface area contributed by atoms with E-state index in [4.69, 9.17) is 0 Å². The molecule has 0 unspecified atom stereocenters. The van der Waals surface area contributed by atoms with Crippen LogP contribution in [-0.2, 0) is 0 Å². The van der Waals surface area contributed by atoms with E-state index in [2.05, 4.69) is 5.18 Å². The summed E-state index contributed by atoms with van der Waals surface area (Å²) < 4.78 is 0. The maximum Gasteiger partial charge on any atom is 0.162 e. The van der Waals surface area contributed by atoms with Gasteiger partial charge in [0.15, 0.2) is 5.78 Å². The first-order valence-electron chi connectivity index (χ1n) is 4.02. The lowest BCUT2D eigenvalue weighted by Gasteiger charge is -2.06. The molecule has 13 heavy (non-hydrogen) atoms. The van der Waals surface area contributed by atoms with Crippen LogP contribution in [0, 0.1) is 18.8 Å². The van der Waals surface area contributed by atoms with Crippen molar-refractivity contribution in [2.75, 3.05) is 0 Å². The molecule has 0 radical (unpaired) electrons. The SMILES string of the molecule is CC(=O)c1c(N=O)ccc(C)c1C. The quantitative estimate of drug-likeness (QED) is 0.515. The molecular weight excluding hydrogens is 166 g/mol. The number of aryl methyl sites for hydroxylation is 1. The van der Waals surface area contributed by atoms with Gasteiger partial charge < -0.3 is 0 Å². The van der Waals surface area contributed by atoms with Crippen molar-refractivity contribution in [2.24, 2.45) is 5.18 Å². The van der Waals surface area contributed by atoms with Gasteiger partial charge in [0.1, 0.15) is 5.69 Å². The highest BCUT2D eigenvalue weighted by molar-refractivity contribution is 6.00. The average Bonchev–Trinajstić information content (AvgIpc) is 2.08. The van der Waals surface area contributed by atoms with Crippen LogP contribution in [0.3, 0.4) is 0 Å². The molecule has 0 aromatic heterocycles. The summed E-state index contributed by atoms with van der Waals surface area (Å²) in [6.45, 7) is 5.16. The second-order valence-corrected chi connectivity index (χ2v) is 3.05. The lowest BCUT2D eigenvalue weighted by atomic mass is 9.99. The average molecular weight is 177 g/mol. The van der Waals surface area contributed by atoms with Crippen molar-refractivity contribution in [2.45, 2.75) is 20.8 Å². The Kier molecular flexibility index (Phi) is 2.56. The number of Topliss-reactive ketones (excluding diaryl/α,β-unsaturated/α-hetero) is 1. The van der Waals surface area contributed by atoms with Crippen molar-refractivity contribution in [1.29, 1.82) is 0 Å². The van der Waals surface area contributed by atoms with Crippen LogP contribution < -0.4 is 0 Å². The number of rotatable bonds is 2. The van der Waals surface area contributed by atoms with Crippen molar-refractivity contribution in [1.82, 2.24) is 0 Å². The van der Waals surface area contributed by atoms with Crippen LogP contribution >= 0.6 is 0 Å². The predicted molar refractivity (Wildman–Crippen MR) is 51.4 cm³/mol. The van der Waals surface area contributed by atoms with Gasteiger partial charge in [-0.1, -0.05) is 6.07 Å². The van der Waals surface area contributed by atoms with Crippen LogP contribution in [-0.4, -0.2) is 5.78 Å². The molecule has 3 nitrogen and oxygen atoms in total. The number of hydrogen-bond acceptors (Lipinski definition) is 3. The molecule has 3 heteroatoms. The fourth-order valence-corrected chi connectivity index (χ4v) is 1.32. The molecular formula is C10H11NO2. The third kappa shape index (κ3) is 1.64. The lowest BCUT2D eigenvalue weighted by molar-refractivity contribution is 0.101. The number of carbonyl (C=O) groups excluding carboxylic acids is 1. The number of nitroso groups, excluding NO2 is 1. The first-order valence-corrected chi connectivity index (χ1v) is 4.02. The summed E-state index contributed by atoms with van der Waals surface area (Å²) >= 11 is 0. The molecule has 68 valence electrons. The third-order valence-electron chi connectivity index (χ3n) is 2.16. The summed E-state index contributed by atoms with van der Waals surface area (Å²) in [7, 11) is 0. The molecule has 0 amide bonds. The molecule has 0 heterocycles. The molecule has 0 spiro atoms. The Morgan fingerprint density at radius 3 is 2.38 bits per heavy atom. The molecule has 1 aromatic rings. The third-order valence-corrected chi connectivity index (χ3v) is 2.16. The van der Waals surface area contributed by atoms with Gasteiger partial charge in [0.05, 0.1) is 0 Å². The van der Waals surface area contributed by atoms with Gasteiger partial charge in [-0.25, -0.2) is 0 Å². The second-order valence-electron chi connectivity index (χ2n) is 3.05. The van der Waals surface area contributed by atoms with Crippen molar-refractivity contribution < 1.29 is 4.79 Å². The monoisotopic (exact) mass is 177 g/mol. The van der Waals surface area contributed by atoms with E-state index < -0.39 is 0 Å². The van der Waals surface area contributed by atoms with E-state index in [1.165, 1.54) is 6.92 Å². The Hall–Kier alpha value is -1.51. The van der Waals surface area contributed by atoms with Gasteiger partial charge in [-0.3, -0.25) is 4.79 Å². The van der Waals surface area contributed by atoms with Crippen LogP contribution in [0.2, 0.25) is 0 Å². The van der Waals surface area contributed by atoms with Gasteiger partial charge in [0.25, 0.3) is 0 Å². The molecule has 0 atom stereocenters. The highest BCUT2D eigenvalue weighted by Gasteiger charge is 2.12. The van der Waals surface area contributed by atoms with Crippen LogP contribution in [0.5, 0.6) is 0 Å². The molecule has 0 fully saturated rings. The minimum atomic E-state index is -0.115. The van der Waals surface area contributed by atoms with E-state index >= 15 is 0 Å². The zero-order valence-electron chi connectivity index (χ0n) is 7.92. The molecule has 0 aliphatic heterocycles. The number of benzene rings is 1. The number of nitrogens with zero attached hydrogens (tertiary/aromatic N) is 1. The van der Waals surface area contributed by atoms with Crippen molar-refractivity contribution in [3.8, 4) is 0 Å². The largest absolute Gasteiger partial charge is 0.294 e. The minimum absolute atomic E-state index is 0.115. The van der Waals surface area contributed by atoms with Gasteiger partial charge in [-0.15, -0.1) is 4.91 Å². The summed E-state index contributed by atoms with van der Waals surface area (Å²) in [5.41, 5.74) is 2.51. The lowest BCUT2D eigenvalue weighted by Crippen LogP contribution is -1.98. The maximum atomic E-state index is 11.2. The zero-order chi connectivity index (χ0) is 10.0. The smallest absolute Gasteiger partial charge is 0.162 e. The summed E-state index contributed by atoms with van der Waals surface area (Å²) in [6.07, 6.45) is 0. The summed E-state index contributed by atoms with van der Waals surface area (Å²) in [6, 6.07) is 3.37. The first kappa shape index (κ1) is 9.58. The number of ketones is 1. The van der Waals surface area contributed by atoms with E-state index in [-0.39, 0.29) is 11.5 Å². The Balaban J connectivity index is 3.50. The van der Waals surface area contributed by atoms with E-state index in [1.807, 2.05) is 13.8 Å². The fourth-order valence-electron chi connectivity index (χ4n) is 1.32.